The number of amides is 1. The van der Waals surface area contributed by atoms with Gasteiger partial charge in [0.2, 0.25) is 0 Å². The summed E-state index contributed by atoms with van der Waals surface area (Å²) in [5, 5.41) is 5.45. The molecule has 22 heavy (non-hydrogen) atoms. The third kappa shape index (κ3) is 2.52. The van der Waals surface area contributed by atoms with Crippen LogP contribution in [-0.4, -0.2) is 27.6 Å². The molecule has 3 aromatic rings. The molecule has 3 rings (SSSR count). The standard InChI is InChI=1S/C17H19N3OS/c1-11-7-5-6-8-13(11)10-19(3)16(21)15-9-14-12(2)18-20(4)17(14)22-15/h5-9H,10H2,1-4H3. The Kier molecular flexibility index (Phi) is 3.74. The molecule has 4 nitrogen and oxygen atoms in total. The molecule has 1 amide bonds. The minimum atomic E-state index is 0.0591. The van der Waals surface area contributed by atoms with Gasteiger partial charge in [0.05, 0.1) is 10.6 Å². The number of nitrogens with zero attached hydrogens (tertiary/aromatic N) is 3. The van der Waals surface area contributed by atoms with Crippen molar-refractivity contribution in [3.8, 4) is 0 Å². The van der Waals surface area contributed by atoms with E-state index in [9.17, 15) is 4.79 Å². The highest BCUT2D eigenvalue weighted by Gasteiger charge is 2.18. The van der Waals surface area contributed by atoms with E-state index in [-0.39, 0.29) is 5.91 Å². The highest BCUT2D eigenvalue weighted by Crippen LogP contribution is 2.28. The van der Waals surface area contributed by atoms with E-state index in [1.165, 1.54) is 22.5 Å². The van der Waals surface area contributed by atoms with E-state index in [0.29, 0.717) is 6.54 Å². The summed E-state index contributed by atoms with van der Waals surface area (Å²) in [5.74, 6) is 0.0591. The van der Waals surface area contributed by atoms with E-state index in [4.69, 9.17) is 0 Å². The summed E-state index contributed by atoms with van der Waals surface area (Å²) in [7, 11) is 3.77. The van der Waals surface area contributed by atoms with Crippen molar-refractivity contribution in [1.82, 2.24) is 14.7 Å². The lowest BCUT2D eigenvalue weighted by Crippen LogP contribution is -2.25. The third-order valence-electron chi connectivity index (χ3n) is 3.92. The number of aromatic nitrogens is 2. The predicted octanol–water partition coefficient (Wildman–Crippen LogP) is 3.52. The summed E-state index contributed by atoms with van der Waals surface area (Å²) in [6.07, 6.45) is 0. The lowest BCUT2D eigenvalue weighted by atomic mass is 10.1. The van der Waals surface area contributed by atoms with Gasteiger partial charge in [0.25, 0.3) is 5.91 Å². The summed E-state index contributed by atoms with van der Waals surface area (Å²) < 4.78 is 1.84. The minimum Gasteiger partial charge on any atom is -0.337 e. The first kappa shape index (κ1) is 14.8. The molecule has 0 saturated heterocycles. The van der Waals surface area contributed by atoms with Crippen LogP contribution in [0.2, 0.25) is 0 Å². The summed E-state index contributed by atoms with van der Waals surface area (Å²) in [6, 6.07) is 10.1. The zero-order valence-corrected chi connectivity index (χ0v) is 14.1. The number of rotatable bonds is 3. The highest BCUT2D eigenvalue weighted by atomic mass is 32.1. The van der Waals surface area contributed by atoms with Gasteiger partial charge in [0, 0.05) is 26.0 Å². The van der Waals surface area contributed by atoms with Crippen LogP contribution in [0.5, 0.6) is 0 Å². The van der Waals surface area contributed by atoms with Crippen LogP contribution in [0.25, 0.3) is 10.2 Å². The van der Waals surface area contributed by atoms with Gasteiger partial charge in [-0.15, -0.1) is 11.3 Å². The van der Waals surface area contributed by atoms with Gasteiger partial charge in [-0.3, -0.25) is 9.48 Å². The van der Waals surface area contributed by atoms with Crippen molar-refractivity contribution in [3.05, 3.63) is 52.0 Å². The first-order chi connectivity index (χ1) is 10.5. The van der Waals surface area contributed by atoms with E-state index < -0.39 is 0 Å². The van der Waals surface area contributed by atoms with Gasteiger partial charge < -0.3 is 4.90 Å². The zero-order chi connectivity index (χ0) is 15.9. The Morgan fingerprint density at radius 2 is 2.05 bits per heavy atom. The molecule has 0 aliphatic carbocycles. The maximum absolute atomic E-state index is 12.7. The van der Waals surface area contributed by atoms with Crippen LogP contribution in [0, 0.1) is 13.8 Å². The van der Waals surface area contributed by atoms with Crippen molar-refractivity contribution < 1.29 is 4.79 Å². The molecule has 2 heterocycles. The summed E-state index contributed by atoms with van der Waals surface area (Å²) in [5.41, 5.74) is 3.35. The molecular formula is C17H19N3OS. The number of hydrogen-bond acceptors (Lipinski definition) is 3. The van der Waals surface area contributed by atoms with Crippen molar-refractivity contribution in [3.63, 3.8) is 0 Å². The first-order valence-electron chi connectivity index (χ1n) is 7.20. The number of hydrogen-bond donors (Lipinski definition) is 0. The first-order valence-corrected chi connectivity index (χ1v) is 8.02. The molecule has 0 atom stereocenters. The molecule has 0 radical (unpaired) electrons. The van der Waals surface area contributed by atoms with Crippen LogP contribution in [0.15, 0.2) is 30.3 Å². The normalized spacial score (nSPS) is 11.1. The van der Waals surface area contributed by atoms with Gasteiger partial charge in [-0.25, -0.2) is 0 Å². The highest BCUT2D eigenvalue weighted by molar-refractivity contribution is 7.20. The predicted molar refractivity (Wildman–Crippen MR) is 90.3 cm³/mol. The Hall–Kier alpha value is -2.14. The molecule has 0 aliphatic rings. The molecular weight excluding hydrogens is 294 g/mol. The maximum Gasteiger partial charge on any atom is 0.264 e. The maximum atomic E-state index is 12.7. The largest absolute Gasteiger partial charge is 0.337 e. The van der Waals surface area contributed by atoms with Gasteiger partial charge in [-0.1, -0.05) is 24.3 Å². The fraction of sp³-hybridized carbons (Fsp3) is 0.294. The molecule has 0 N–H and O–H groups in total. The number of benzene rings is 1. The number of carbonyl (C=O) groups excluding carboxylic acids is 1. The molecule has 5 heteroatoms. The Labute approximate surface area is 134 Å². The zero-order valence-electron chi connectivity index (χ0n) is 13.3. The van der Waals surface area contributed by atoms with E-state index in [1.54, 1.807) is 4.90 Å². The van der Waals surface area contributed by atoms with Gasteiger partial charge in [-0.05, 0) is 31.0 Å². The fourth-order valence-corrected chi connectivity index (χ4v) is 3.73. The molecule has 114 valence electrons. The lowest BCUT2D eigenvalue weighted by molar-refractivity contribution is 0.0790. The Morgan fingerprint density at radius 3 is 2.73 bits per heavy atom. The minimum absolute atomic E-state index is 0.0591. The summed E-state index contributed by atoms with van der Waals surface area (Å²) >= 11 is 1.51. The van der Waals surface area contributed by atoms with Crippen molar-refractivity contribution >= 4 is 27.5 Å². The fourth-order valence-electron chi connectivity index (χ4n) is 2.61. The second-order valence-electron chi connectivity index (χ2n) is 5.63. The van der Waals surface area contributed by atoms with E-state index in [2.05, 4.69) is 24.2 Å². The summed E-state index contributed by atoms with van der Waals surface area (Å²) in [6.45, 7) is 4.67. The number of carbonyl (C=O) groups is 1. The Balaban J connectivity index is 1.85. The monoisotopic (exact) mass is 313 g/mol. The van der Waals surface area contributed by atoms with Crippen LogP contribution in [0.3, 0.4) is 0 Å². The Bertz CT molecular complexity index is 812. The van der Waals surface area contributed by atoms with Gasteiger partial charge >= 0.3 is 0 Å². The molecule has 0 spiro atoms. The summed E-state index contributed by atoms with van der Waals surface area (Å²) in [4.78, 5) is 16.2. The third-order valence-corrected chi connectivity index (χ3v) is 5.11. The topological polar surface area (TPSA) is 38.1 Å². The van der Waals surface area contributed by atoms with Crippen LogP contribution in [0.4, 0.5) is 0 Å². The SMILES string of the molecule is Cc1ccccc1CN(C)C(=O)c1cc2c(C)nn(C)c2s1. The average Bonchev–Trinajstić information content (AvgIpc) is 3.03. The second-order valence-corrected chi connectivity index (χ2v) is 6.66. The quantitative estimate of drug-likeness (QED) is 0.742. The van der Waals surface area contributed by atoms with Crippen LogP contribution in [0.1, 0.15) is 26.5 Å². The van der Waals surface area contributed by atoms with E-state index >= 15 is 0 Å². The Morgan fingerprint density at radius 1 is 1.32 bits per heavy atom. The van der Waals surface area contributed by atoms with Crippen LogP contribution < -0.4 is 0 Å². The average molecular weight is 313 g/mol. The van der Waals surface area contributed by atoms with E-state index in [1.807, 2.05) is 43.9 Å². The van der Waals surface area contributed by atoms with Gasteiger partial charge in [0.15, 0.2) is 0 Å². The van der Waals surface area contributed by atoms with Crippen LogP contribution >= 0.6 is 11.3 Å². The van der Waals surface area contributed by atoms with Crippen molar-refractivity contribution in [2.75, 3.05) is 7.05 Å². The number of thiophene rings is 1. The second kappa shape index (κ2) is 5.57. The number of aryl methyl sites for hydroxylation is 3. The number of fused-ring (bicyclic) bond motifs is 1. The van der Waals surface area contributed by atoms with Crippen LogP contribution in [-0.2, 0) is 13.6 Å². The molecule has 1 aromatic carbocycles. The molecule has 2 aromatic heterocycles. The van der Waals surface area contributed by atoms with Crippen molar-refractivity contribution in [1.29, 1.82) is 0 Å². The molecule has 0 bridgehead atoms. The van der Waals surface area contributed by atoms with Crippen molar-refractivity contribution in [2.45, 2.75) is 20.4 Å². The van der Waals surface area contributed by atoms with Gasteiger partial charge in [0.1, 0.15) is 4.83 Å². The molecule has 0 unspecified atom stereocenters. The molecule has 0 saturated carbocycles. The molecule has 0 fully saturated rings. The molecule has 0 aliphatic heterocycles. The van der Waals surface area contributed by atoms with Crippen molar-refractivity contribution in [2.24, 2.45) is 7.05 Å². The van der Waals surface area contributed by atoms with E-state index in [0.717, 1.165) is 20.8 Å². The lowest BCUT2D eigenvalue weighted by Gasteiger charge is -2.17. The van der Waals surface area contributed by atoms with Gasteiger partial charge in [-0.2, -0.15) is 5.10 Å². The smallest absolute Gasteiger partial charge is 0.264 e.